The first-order chi connectivity index (χ1) is 11.8. The fraction of sp³-hybridized carbons (Fsp3) is 0.143. The molecule has 0 aliphatic heterocycles. The number of hydrogen-bond acceptors (Lipinski definition) is 7. The summed E-state index contributed by atoms with van der Waals surface area (Å²) in [5.74, 6) is -2.35. The smallest absolute Gasteiger partial charge is 0.336 e. The van der Waals surface area contributed by atoms with Crippen molar-refractivity contribution in [1.29, 1.82) is 0 Å². The summed E-state index contributed by atoms with van der Waals surface area (Å²) >= 11 is 0. The molecule has 0 heterocycles. The second kappa shape index (κ2) is 6.88. The molecule has 0 unspecified atom stereocenters. The number of aliphatic hydroxyl groups is 1. The lowest BCUT2D eigenvalue weighted by molar-refractivity contribution is -0.386. The number of carbonyl (C=O) groups is 2. The zero-order valence-electron chi connectivity index (χ0n) is 12.5. The molecular formula is C14H11N3O8. The highest BCUT2D eigenvalue weighted by Crippen LogP contribution is 2.34. The van der Waals surface area contributed by atoms with Crippen LogP contribution in [0.1, 0.15) is 20.7 Å². The van der Waals surface area contributed by atoms with Crippen LogP contribution in [-0.2, 0) is 0 Å². The molecular weight excluding hydrogens is 338 g/mol. The van der Waals surface area contributed by atoms with Crippen LogP contribution in [0.5, 0.6) is 0 Å². The largest absolute Gasteiger partial charge is 0.478 e. The van der Waals surface area contributed by atoms with E-state index >= 15 is 0 Å². The van der Waals surface area contributed by atoms with Gasteiger partial charge in [0.05, 0.1) is 27.4 Å². The highest BCUT2D eigenvalue weighted by atomic mass is 16.6. The number of nitrogens with zero attached hydrogens (tertiary/aromatic N) is 2. The summed E-state index contributed by atoms with van der Waals surface area (Å²) in [4.78, 5) is 44.1. The van der Waals surface area contributed by atoms with Crippen molar-refractivity contribution < 1.29 is 29.6 Å². The maximum absolute atomic E-state index is 12.2. The predicted molar refractivity (Wildman–Crippen MR) is 83.6 cm³/mol. The zero-order chi connectivity index (χ0) is 18.7. The van der Waals surface area contributed by atoms with E-state index in [9.17, 15) is 34.9 Å². The van der Waals surface area contributed by atoms with E-state index < -0.39 is 38.7 Å². The van der Waals surface area contributed by atoms with Crippen LogP contribution in [0.3, 0.4) is 0 Å². The van der Waals surface area contributed by atoms with Crippen molar-refractivity contribution >= 4 is 34.0 Å². The first kappa shape index (κ1) is 17.7. The standard InChI is InChI=1S/C14H11N3O8/c18-4-3-15-13(19)8-1-2-11(17(24)25)9-5-7(16(22)23)6-10(12(8)9)14(20)21/h1-2,5-6,18H,3-4H2,(H,15,19)(H,20,21). The predicted octanol–water partition coefficient (Wildman–Crippen LogP) is 1.08. The lowest BCUT2D eigenvalue weighted by Gasteiger charge is -2.10. The van der Waals surface area contributed by atoms with Crippen molar-refractivity contribution in [2.24, 2.45) is 0 Å². The minimum Gasteiger partial charge on any atom is -0.478 e. The van der Waals surface area contributed by atoms with Crippen molar-refractivity contribution in [3.63, 3.8) is 0 Å². The van der Waals surface area contributed by atoms with E-state index in [1.165, 1.54) is 0 Å². The lowest BCUT2D eigenvalue weighted by atomic mass is 9.96. The number of aliphatic hydroxyl groups excluding tert-OH is 1. The monoisotopic (exact) mass is 349 g/mol. The molecule has 0 saturated heterocycles. The van der Waals surface area contributed by atoms with Gasteiger partial charge in [0.15, 0.2) is 0 Å². The molecule has 11 heteroatoms. The van der Waals surface area contributed by atoms with Crippen LogP contribution in [-0.4, -0.2) is 45.1 Å². The fourth-order valence-corrected chi connectivity index (χ4v) is 2.34. The van der Waals surface area contributed by atoms with Gasteiger partial charge in [0.25, 0.3) is 17.3 Å². The van der Waals surface area contributed by atoms with Gasteiger partial charge < -0.3 is 15.5 Å². The number of nitro groups is 2. The molecule has 2 rings (SSSR count). The number of aromatic carboxylic acids is 1. The molecule has 0 aromatic heterocycles. The molecule has 0 fully saturated rings. The van der Waals surface area contributed by atoms with Gasteiger partial charge in [-0.05, 0) is 6.07 Å². The van der Waals surface area contributed by atoms with Crippen molar-refractivity contribution in [2.45, 2.75) is 0 Å². The van der Waals surface area contributed by atoms with E-state index in [-0.39, 0.29) is 29.5 Å². The number of benzene rings is 2. The number of fused-ring (bicyclic) bond motifs is 1. The van der Waals surface area contributed by atoms with Crippen LogP contribution in [0.2, 0.25) is 0 Å². The van der Waals surface area contributed by atoms with Crippen LogP contribution in [0.25, 0.3) is 10.8 Å². The molecule has 25 heavy (non-hydrogen) atoms. The molecule has 2 aromatic rings. The van der Waals surface area contributed by atoms with Crippen molar-refractivity contribution in [2.75, 3.05) is 13.2 Å². The Morgan fingerprint density at radius 2 is 1.76 bits per heavy atom. The van der Waals surface area contributed by atoms with Crippen LogP contribution in [0.4, 0.5) is 11.4 Å². The molecule has 0 aliphatic carbocycles. The third-order valence-electron chi connectivity index (χ3n) is 3.36. The molecule has 11 nitrogen and oxygen atoms in total. The number of hydrogen-bond donors (Lipinski definition) is 3. The second-order valence-corrected chi connectivity index (χ2v) is 4.85. The van der Waals surface area contributed by atoms with Gasteiger partial charge in [-0.15, -0.1) is 0 Å². The molecule has 130 valence electrons. The normalized spacial score (nSPS) is 10.4. The van der Waals surface area contributed by atoms with E-state index in [0.29, 0.717) is 0 Å². The van der Waals surface area contributed by atoms with Crippen molar-refractivity contribution in [1.82, 2.24) is 5.32 Å². The summed E-state index contributed by atoms with van der Waals surface area (Å²) < 4.78 is 0. The molecule has 1 amide bonds. The first-order valence-corrected chi connectivity index (χ1v) is 6.79. The van der Waals surface area contributed by atoms with Gasteiger partial charge >= 0.3 is 5.97 Å². The van der Waals surface area contributed by atoms with Crippen LogP contribution in [0, 0.1) is 20.2 Å². The summed E-state index contributed by atoms with van der Waals surface area (Å²) in [5, 5.41) is 42.0. The number of amides is 1. The summed E-state index contributed by atoms with van der Waals surface area (Å²) in [6.07, 6.45) is 0. The molecule has 0 spiro atoms. The van der Waals surface area contributed by atoms with Crippen LogP contribution in [0.15, 0.2) is 24.3 Å². The third-order valence-corrected chi connectivity index (χ3v) is 3.36. The first-order valence-electron chi connectivity index (χ1n) is 6.79. The van der Waals surface area contributed by atoms with Crippen LogP contribution >= 0.6 is 0 Å². The Morgan fingerprint density at radius 1 is 1.08 bits per heavy atom. The molecule has 0 radical (unpaired) electrons. The van der Waals surface area contributed by atoms with Gasteiger partial charge in [0.1, 0.15) is 0 Å². The van der Waals surface area contributed by atoms with Gasteiger partial charge in [-0.3, -0.25) is 25.0 Å². The fourth-order valence-electron chi connectivity index (χ4n) is 2.34. The zero-order valence-corrected chi connectivity index (χ0v) is 12.5. The molecule has 0 aliphatic rings. The minimum absolute atomic E-state index is 0.118. The van der Waals surface area contributed by atoms with E-state index in [2.05, 4.69) is 5.32 Å². The lowest BCUT2D eigenvalue weighted by Crippen LogP contribution is -2.27. The number of carboxylic acids is 1. The van der Waals surface area contributed by atoms with Gasteiger partial charge in [-0.25, -0.2) is 4.79 Å². The SMILES string of the molecule is O=C(O)c1cc([N+](=O)[O-])cc2c([N+](=O)[O-])ccc(C(=O)NCCO)c12. The van der Waals surface area contributed by atoms with E-state index in [1.807, 2.05) is 0 Å². The summed E-state index contributed by atoms with van der Waals surface area (Å²) in [6.45, 7) is -0.486. The Hall–Kier alpha value is -3.60. The van der Waals surface area contributed by atoms with Crippen molar-refractivity contribution in [3.05, 3.63) is 55.6 Å². The number of rotatable bonds is 6. The Morgan fingerprint density at radius 3 is 2.28 bits per heavy atom. The van der Waals surface area contributed by atoms with Gasteiger partial charge in [-0.2, -0.15) is 0 Å². The summed E-state index contributed by atoms with van der Waals surface area (Å²) in [7, 11) is 0. The molecule has 0 bridgehead atoms. The number of non-ortho nitro benzene ring substituents is 2. The highest BCUT2D eigenvalue weighted by molar-refractivity contribution is 6.16. The Balaban J connectivity index is 2.91. The average Bonchev–Trinajstić information content (AvgIpc) is 2.56. The minimum atomic E-state index is -1.58. The Kier molecular flexibility index (Phi) is 4.89. The van der Waals surface area contributed by atoms with E-state index in [4.69, 9.17) is 5.11 Å². The van der Waals surface area contributed by atoms with Gasteiger partial charge in [-0.1, -0.05) is 0 Å². The quantitative estimate of drug-likeness (QED) is 0.513. The average molecular weight is 349 g/mol. The third kappa shape index (κ3) is 3.35. The topological polar surface area (TPSA) is 173 Å². The number of carboxylic acid groups (broad SMARTS) is 1. The van der Waals surface area contributed by atoms with Crippen molar-refractivity contribution in [3.8, 4) is 0 Å². The second-order valence-electron chi connectivity index (χ2n) is 4.85. The Labute approximate surface area is 138 Å². The molecule has 3 N–H and O–H groups in total. The van der Waals surface area contributed by atoms with E-state index in [0.717, 1.165) is 24.3 Å². The summed E-state index contributed by atoms with van der Waals surface area (Å²) in [6, 6.07) is 3.61. The summed E-state index contributed by atoms with van der Waals surface area (Å²) in [5.41, 5.74) is -2.04. The molecule has 0 atom stereocenters. The number of nitro benzene ring substituents is 2. The van der Waals surface area contributed by atoms with E-state index in [1.54, 1.807) is 0 Å². The van der Waals surface area contributed by atoms with Crippen LogP contribution < -0.4 is 5.32 Å². The number of carbonyl (C=O) groups excluding carboxylic acids is 1. The highest BCUT2D eigenvalue weighted by Gasteiger charge is 2.26. The molecule has 2 aromatic carbocycles. The maximum Gasteiger partial charge on any atom is 0.336 e. The Bertz CT molecular complexity index is 909. The number of nitrogens with one attached hydrogen (secondary N) is 1. The van der Waals surface area contributed by atoms with Gasteiger partial charge in [0, 0.05) is 35.7 Å². The van der Waals surface area contributed by atoms with Gasteiger partial charge in [0.2, 0.25) is 0 Å². The maximum atomic E-state index is 12.2. The molecule has 0 saturated carbocycles.